The number of benzene rings is 2. The molecular formula is C67H109N9O16S2. The van der Waals surface area contributed by atoms with E-state index in [-0.39, 0.29) is 69.9 Å². The molecule has 4 unspecified atom stereocenters. The van der Waals surface area contributed by atoms with E-state index in [1.807, 2.05) is 100 Å². The molecule has 0 saturated carbocycles. The van der Waals surface area contributed by atoms with Gasteiger partial charge in [0.2, 0.25) is 10.0 Å². The van der Waals surface area contributed by atoms with Crippen molar-refractivity contribution in [2.24, 2.45) is 0 Å². The van der Waals surface area contributed by atoms with Crippen molar-refractivity contribution in [3.8, 4) is 0 Å². The Morgan fingerprint density at radius 3 is 1.37 bits per heavy atom. The first kappa shape index (κ1) is 77.8. The molecule has 2 aromatic carbocycles. The number of carbonyl (C=O) groups excluding carboxylic acids is 6. The van der Waals surface area contributed by atoms with Crippen LogP contribution >= 0.6 is 0 Å². The Morgan fingerprint density at radius 2 is 0.947 bits per heavy atom. The lowest BCUT2D eigenvalue weighted by Crippen LogP contribution is -2.56. The number of rotatable bonds is 12. The maximum Gasteiger partial charge on any atom is 0.410 e. The highest BCUT2D eigenvalue weighted by atomic mass is 32.2. The van der Waals surface area contributed by atoms with Crippen molar-refractivity contribution in [1.82, 2.24) is 44.3 Å². The highest BCUT2D eigenvalue weighted by Gasteiger charge is 2.56. The summed E-state index contributed by atoms with van der Waals surface area (Å²) in [6.45, 7) is 27.4. The summed E-state index contributed by atoms with van der Waals surface area (Å²) in [6, 6.07) is 12.3. The standard InChI is InChI=1S/C23H35N3O6S.C19H28N2O4S.C15H29N3O3.C10H17NO3/c1-17(27)18-7-9-20(10-8-18)33(29,30)26-16-19(15-24(5)6)31-23(26)11-13-25(14-12-23)21(28)32-22(2,3)4;1-14(22)15-4-6-17(7-5-15)26(23,24)18-12-16(13-21(2)3)25-19(18)8-10-20-11-9-19;1-14(2,3)21-13(19)18-8-6-15(7-9-18)16-10-12(20-15)11-17(4)5;1-10(2,3)14-9(13)11-6-4-8(12)5-7-11/h7-10,19H,11-16H2,1-6H3;4-7,16,18,20H,8-13H2,1-3H3;12,16H,6-11H2,1-5H3;4-7H2,1-3H3. The van der Waals surface area contributed by atoms with Crippen LogP contribution in [0.25, 0.3) is 0 Å². The highest BCUT2D eigenvalue weighted by molar-refractivity contribution is 7.92. The third kappa shape index (κ3) is 21.9. The van der Waals surface area contributed by atoms with E-state index >= 15 is 0 Å². The van der Waals surface area contributed by atoms with E-state index in [4.69, 9.17) is 28.4 Å². The van der Waals surface area contributed by atoms with Gasteiger partial charge in [-0.15, -0.1) is 0 Å². The van der Waals surface area contributed by atoms with Gasteiger partial charge in [-0.1, -0.05) is 24.3 Å². The second-order valence-electron chi connectivity index (χ2n) is 29.5. The molecular weight excluding hydrogens is 1250 g/mol. The number of Topliss-reactive ketones (excluding diaryl/α,β-unsaturated/α-hetero) is 3. The van der Waals surface area contributed by atoms with Crippen LogP contribution in [-0.4, -0.2) is 271 Å². The lowest BCUT2D eigenvalue weighted by atomic mass is 9.89. The number of likely N-dealkylation sites (tertiary alicyclic amines) is 3. The van der Waals surface area contributed by atoms with Crippen molar-refractivity contribution in [3.63, 3.8) is 0 Å². The van der Waals surface area contributed by atoms with E-state index in [2.05, 4.69) is 29.6 Å². The van der Waals surface area contributed by atoms with Crippen LogP contribution in [0.15, 0.2) is 58.3 Å². The van der Waals surface area contributed by atoms with E-state index < -0.39 is 59.3 Å². The highest BCUT2D eigenvalue weighted by Crippen LogP contribution is 2.45. The molecule has 25 nitrogen and oxygen atoms in total. The number of ketones is 3. The molecule has 27 heteroatoms. The zero-order valence-corrected chi connectivity index (χ0v) is 60.6. The van der Waals surface area contributed by atoms with E-state index in [0.29, 0.717) is 108 Å². The molecule has 4 atom stereocenters. The molecule has 7 aliphatic rings. The molecule has 3 amide bonds. The summed E-state index contributed by atoms with van der Waals surface area (Å²) in [5.41, 5.74) is -2.43. The number of piperidine rings is 4. The molecule has 94 heavy (non-hydrogen) atoms. The first-order valence-corrected chi connectivity index (χ1v) is 35.9. The second kappa shape index (κ2) is 32.0. The fourth-order valence-electron chi connectivity index (χ4n) is 12.6. The molecule has 0 aromatic heterocycles. The Kier molecular flexibility index (Phi) is 26.5. The molecule has 9 rings (SSSR count). The molecule has 0 aliphatic carbocycles. The van der Waals surface area contributed by atoms with Gasteiger partial charge in [-0.2, -0.15) is 4.31 Å². The maximum atomic E-state index is 13.7. The average Bonchev–Trinajstić information content (AvgIpc) is 1.55. The average molecular weight is 1360 g/mol. The second-order valence-corrected chi connectivity index (χ2v) is 33.5. The van der Waals surface area contributed by atoms with Crippen LogP contribution in [0.4, 0.5) is 14.4 Å². The molecule has 7 heterocycles. The quantitative estimate of drug-likeness (QED) is 0.161. The van der Waals surface area contributed by atoms with E-state index in [1.165, 1.54) is 42.4 Å². The molecule has 3 spiro atoms. The monoisotopic (exact) mass is 1360 g/mol. The van der Waals surface area contributed by atoms with E-state index in [0.717, 1.165) is 39.0 Å². The zero-order valence-electron chi connectivity index (χ0n) is 59.0. The Balaban J connectivity index is 0.000000207. The Bertz CT molecular complexity index is 3110. The minimum absolute atomic E-state index is 0.0704. The molecule has 0 bridgehead atoms. The summed E-state index contributed by atoms with van der Waals surface area (Å²) in [4.78, 5) is 81.6. The first-order valence-electron chi connectivity index (χ1n) is 32.9. The van der Waals surface area contributed by atoms with Gasteiger partial charge in [-0.25, -0.2) is 31.2 Å². The van der Waals surface area contributed by atoms with Crippen molar-refractivity contribution in [2.45, 2.75) is 201 Å². The largest absolute Gasteiger partial charge is 0.444 e. The number of likely N-dealkylation sites (N-methyl/N-ethyl adjacent to an activating group) is 3. The SMILES string of the molecule is CC(=O)c1ccc(S(=O)(=O)C2CC(CN(C)C)OC23CCNCC3)cc1.CC(=O)c1ccc(S(=O)(=O)N2CC(CN(C)C)OC23CCN(C(=O)OC(C)(C)C)CC3)cc1.CC(C)(C)OC(=O)N1CCC(=O)CC1.CN(C)CC1CNC2(CCN(C(=O)OC(C)(C)C)CC2)O1. The van der Waals surface area contributed by atoms with Crippen LogP contribution < -0.4 is 10.6 Å². The van der Waals surface area contributed by atoms with Crippen molar-refractivity contribution in [1.29, 1.82) is 0 Å². The minimum Gasteiger partial charge on any atom is -0.444 e. The summed E-state index contributed by atoms with van der Waals surface area (Å²) >= 11 is 0. The molecule has 2 N–H and O–H groups in total. The molecule has 7 fully saturated rings. The summed E-state index contributed by atoms with van der Waals surface area (Å²) < 4.78 is 90.7. The number of sulfonamides is 1. The number of nitrogens with zero attached hydrogens (tertiary/aromatic N) is 7. The molecule has 0 radical (unpaired) electrons. The molecule has 7 saturated heterocycles. The summed E-state index contributed by atoms with van der Waals surface area (Å²) in [5, 5.41) is 6.26. The van der Waals surface area contributed by atoms with Gasteiger partial charge in [0.15, 0.2) is 21.4 Å². The third-order valence-corrected chi connectivity index (χ3v) is 21.3. The number of hydrogen-bond donors (Lipinski definition) is 2. The maximum absolute atomic E-state index is 13.7. The van der Waals surface area contributed by atoms with Crippen LogP contribution in [0.2, 0.25) is 0 Å². The number of carbonyl (C=O) groups is 6. The van der Waals surface area contributed by atoms with E-state index in [1.54, 1.807) is 39.0 Å². The minimum atomic E-state index is -3.88. The van der Waals surface area contributed by atoms with Crippen LogP contribution in [-0.2, 0) is 53.1 Å². The number of nitrogens with one attached hydrogen (secondary N) is 2. The van der Waals surface area contributed by atoms with Gasteiger partial charge in [-0.05, 0) is 175 Å². The number of ether oxygens (including phenoxy) is 6. The zero-order chi connectivity index (χ0) is 70.0. The fourth-order valence-corrected chi connectivity index (χ4v) is 16.5. The molecule has 7 aliphatic heterocycles. The van der Waals surface area contributed by atoms with Crippen LogP contribution in [0.3, 0.4) is 0 Å². The van der Waals surface area contributed by atoms with Gasteiger partial charge in [0.1, 0.15) is 34.0 Å². The number of amides is 3. The first-order chi connectivity index (χ1) is 43.6. The van der Waals surface area contributed by atoms with Gasteiger partial charge in [0.05, 0.1) is 39.0 Å². The van der Waals surface area contributed by atoms with Crippen molar-refractivity contribution in [2.75, 3.05) is 127 Å². The predicted octanol–water partition coefficient (Wildman–Crippen LogP) is 6.92. The summed E-state index contributed by atoms with van der Waals surface area (Å²) in [6.07, 6.45) is 4.06. The van der Waals surface area contributed by atoms with Crippen LogP contribution in [0, 0.1) is 0 Å². The van der Waals surface area contributed by atoms with Gasteiger partial charge in [-0.3, -0.25) is 19.7 Å². The summed E-state index contributed by atoms with van der Waals surface area (Å²) in [5.74, 6) is 0.0318. The lowest BCUT2D eigenvalue weighted by Gasteiger charge is -2.43. The van der Waals surface area contributed by atoms with Crippen LogP contribution in [0.1, 0.15) is 155 Å². The van der Waals surface area contributed by atoms with Gasteiger partial charge < -0.3 is 63.1 Å². The molecule has 2 aromatic rings. The van der Waals surface area contributed by atoms with Gasteiger partial charge >= 0.3 is 18.3 Å². The number of sulfone groups is 1. The number of hydrogen-bond acceptors (Lipinski definition) is 21. The normalized spacial score (nSPS) is 23.1. The fraction of sp³-hybridized carbons (Fsp3) is 0.731. The van der Waals surface area contributed by atoms with Crippen LogP contribution in [0.5, 0.6) is 0 Å². The van der Waals surface area contributed by atoms with Crippen molar-refractivity contribution in [3.05, 3.63) is 59.7 Å². The Labute approximate surface area is 559 Å². The Morgan fingerprint density at radius 1 is 0.543 bits per heavy atom. The topological polar surface area (TPSA) is 273 Å². The van der Waals surface area contributed by atoms with Gasteiger partial charge in [0.25, 0.3) is 0 Å². The van der Waals surface area contributed by atoms with Crippen molar-refractivity contribution < 1.29 is 74.0 Å². The molecule has 530 valence electrons. The smallest absolute Gasteiger partial charge is 0.410 e. The lowest BCUT2D eigenvalue weighted by molar-refractivity contribution is -0.121. The van der Waals surface area contributed by atoms with Gasteiger partial charge in [0, 0.05) is 122 Å². The summed E-state index contributed by atoms with van der Waals surface area (Å²) in [7, 11) is 4.47. The van der Waals surface area contributed by atoms with Crippen molar-refractivity contribution >= 4 is 55.5 Å². The third-order valence-electron chi connectivity index (χ3n) is 17.1. The Hall–Kier alpha value is -5.20. The van der Waals surface area contributed by atoms with E-state index in [9.17, 15) is 45.6 Å². The predicted molar refractivity (Wildman–Crippen MR) is 357 cm³/mol.